The van der Waals surface area contributed by atoms with Crippen molar-refractivity contribution in [3.05, 3.63) is 90.4 Å². The zero-order chi connectivity index (χ0) is 25.8. The van der Waals surface area contributed by atoms with E-state index in [1.807, 2.05) is 66.7 Å². The van der Waals surface area contributed by atoms with Crippen molar-refractivity contribution in [1.29, 1.82) is 0 Å². The van der Waals surface area contributed by atoms with Crippen molar-refractivity contribution < 1.29 is 18.7 Å². The van der Waals surface area contributed by atoms with Gasteiger partial charge in [-0.25, -0.2) is 4.68 Å². The molecule has 0 spiro atoms. The van der Waals surface area contributed by atoms with Crippen LogP contribution in [0.1, 0.15) is 17.6 Å². The number of aromatic nitrogens is 3. The molecule has 0 radical (unpaired) electrons. The fourth-order valence-corrected chi connectivity index (χ4v) is 4.42. The van der Waals surface area contributed by atoms with E-state index in [0.29, 0.717) is 29.3 Å². The highest BCUT2D eigenvalue weighted by Gasteiger charge is 2.36. The van der Waals surface area contributed by atoms with Gasteiger partial charge in [0.1, 0.15) is 23.6 Å². The third-order valence-electron chi connectivity index (χ3n) is 6.14. The lowest BCUT2D eigenvalue weighted by Gasteiger charge is -2.31. The molecule has 0 aliphatic rings. The first-order valence-electron chi connectivity index (χ1n) is 12.0. The van der Waals surface area contributed by atoms with Crippen LogP contribution in [0.3, 0.4) is 0 Å². The summed E-state index contributed by atoms with van der Waals surface area (Å²) in [7, 11) is 1.56. The van der Waals surface area contributed by atoms with Gasteiger partial charge in [-0.15, -0.1) is 5.10 Å². The number of benzene rings is 3. The minimum absolute atomic E-state index is 0.120. The van der Waals surface area contributed by atoms with E-state index in [1.165, 1.54) is 4.90 Å². The summed E-state index contributed by atoms with van der Waals surface area (Å²) in [5.74, 6) is 0.276. The van der Waals surface area contributed by atoms with Crippen LogP contribution >= 0.6 is 0 Å². The smallest absolute Gasteiger partial charge is 0.251 e. The molecule has 0 saturated carbocycles. The number of nitrogens with zero attached hydrogens (tertiary/aromatic N) is 4. The Labute approximate surface area is 213 Å². The van der Waals surface area contributed by atoms with E-state index in [1.54, 1.807) is 30.8 Å². The number of aryl methyl sites for hydroxylation is 1. The molecule has 0 saturated heterocycles. The first-order valence-corrected chi connectivity index (χ1v) is 12.0. The number of carbonyl (C=O) groups is 2. The van der Waals surface area contributed by atoms with Gasteiger partial charge in [-0.1, -0.05) is 53.7 Å². The van der Waals surface area contributed by atoms with E-state index in [9.17, 15) is 9.59 Å². The maximum absolute atomic E-state index is 14.1. The number of fused-ring (bicyclic) bond motifs is 2. The number of amides is 2. The minimum atomic E-state index is -1.06. The highest BCUT2D eigenvalue weighted by Crippen LogP contribution is 2.34. The first kappa shape index (κ1) is 24.2. The van der Waals surface area contributed by atoms with E-state index in [2.05, 4.69) is 15.6 Å². The lowest BCUT2D eigenvalue weighted by atomic mass is 10.0. The number of rotatable bonds is 9. The maximum Gasteiger partial charge on any atom is 0.251 e. The Bertz CT molecular complexity index is 1550. The Hall–Kier alpha value is -4.50. The van der Waals surface area contributed by atoms with Gasteiger partial charge in [0.25, 0.3) is 5.91 Å². The van der Waals surface area contributed by atoms with Gasteiger partial charge in [0.15, 0.2) is 6.04 Å². The number of methoxy groups -OCH3 is 1. The van der Waals surface area contributed by atoms with Crippen molar-refractivity contribution in [2.24, 2.45) is 0 Å². The highest BCUT2D eigenvalue weighted by atomic mass is 16.5. The molecule has 2 amide bonds. The van der Waals surface area contributed by atoms with E-state index in [4.69, 9.17) is 9.15 Å². The summed E-state index contributed by atoms with van der Waals surface area (Å²) in [6.45, 7) is 2.31. The summed E-state index contributed by atoms with van der Waals surface area (Å²) in [6.07, 6.45) is 0. The summed E-state index contributed by atoms with van der Waals surface area (Å²) >= 11 is 0. The van der Waals surface area contributed by atoms with Gasteiger partial charge in [-0.05, 0) is 42.6 Å². The molecule has 37 heavy (non-hydrogen) atoms. The number of anilines is 1. The zero-order valence-electron chi connectivity index (χ0n) is 20.6. The fraction of sp³-hybridized carbons (Fsp3) is 0.214. The Kier molecular flexibility index (Phi) is 6.96. The van der Waals surface area contributed by atoms with Crippen LogP contribution in [-0.4, -0.2) is 47.1 Å². The topological polar surface area (TPSA) is 102 Å². The number of para-hydroxylation sites is 1. The average molecular weight is 498 g/mol. The van der Waals surface area contributed by atoms with E-state index in [0.717, 1.165) is 16.3 Å². The lowest BCUT2D eigenvalue weighted by molar-refractivity contribution is -0.127. The van der Waals surface area contributed by atoms with Gasteiger partial charge in [-0.2, -0.15) is 0 Å². The van der Waals surface area contributed by atoms with Crippen LogP contribution in [0.25, 0.3) is 21.8 Å². The maximum atomic E-state index is 14.1. The van der Waals surface area contributed by atoms with Crippen molar-refractivity contribution in [2.45, 2.75) is 19.5 Å². The van der Waals surface area contributed by atoms with Crippen molar-refractivity contribution in [3.63, 3.8) is 0 Å². The molecular formula is C28H27N5O4. The summed E-state index contributed by atoms with van der Waals surface area (Å²) in [5, 5.41) is 13.0. The van der Waals surface area contributed by atoms with Gasteiger partial charge in [0.05, 0.1) is 17.8 Å². The normalized spacial score (nSPS) is 12.1. The van der Waals surface area contributed by atoms with Crippen molar-refractivity contribution in [1.82, 2.24) is 20.3 Å². The molecule has 3 aromatic carbocycles. The van der Waals surface area contributed by atoms with Gasteiger partial charge >= 0.3 is 0 Å². The Morgan fingerprint density at radius 1 is 1.03 bits per heavy atom. The van der Waals surface area contributed by atoms with Crippen LogP contribution in [0, 0.1) is 6.92 Å². The first-order chi connectivity index (χ1) is 18.1. The Morgan fingerprint density at radius 2 is 1.81 bits per heavy atom. The molecule has 0 bridgehead atoms. The molecule has 2 heterocycles. The van der Waals surface area contributed by atoms with Crippen LogP contribution in [0.4, 0.5) is 5.69 Å². The van der Waals surface area contributed by atoms with Gasteiger partial charge in [-0.3, -0.25) is 14.5 Å². The SMILES string of the molecule is COCCNC(=O)C(c1ccc(C)o1)N(C(=O)Cn1nnc2ccccc21)c1cccc2ccccc12. The van der Waals surface area contributed by atoms with Crippen LogP contribution in [0.2, 0.25) is 0 Å². The standard InChI is InChI=1S/C28H27N5O4/c1-19-14-15-25(37-19)27(28(35)29-16-17-36-2)33(23-13-7-9-20-8-3-4-10-21(20)23)26(34)18-32-24-12-6-5-11-22(24)30-31-32/h3-15,27H,16-18H2,1-2H3,(H,29,35). The molecule has 1 atom stereocenters. The van der Waals surface area contributed by atoms with Crippen LogP contribution in [0.5, 0.6) is 0 Å². The molecule has 9 nitrogen and oxygen atoms in total. The number of hydrogen-bond acceptors (Lipinski definition) is 6. The summed E-state index contributed by atoms with van der Waals surface area (Å²) < 4.78 is 12.6. The van der Waals surface area contributed by atoms with Crippen molar-refractivity contribution >= 4 is 39.3 Å². The zero-order valence-corrected chi connectivity index (χ0v) is 20.6. The second-order valence-electron chi connectivity index (χ2n) is 8.63. The summed E-state index contributed by atoms with van der Waals surface area (Å²) in [5.41, 5.74) is 2.00. The van der Waals surface area contributed by atoms with Crippen molar-refractivity contribution in [3.8, 4) is 0 Å². The third-order valence-corrected chi connectivity index (χ3v) is 6.14. The van der Waals surface area contributed by atoms with E-state index < -0.39 is 6.04 Å². The number of nitrogens with one attached hydrogen (secondary N) is 1. The molecule has 1 N–H and O–H groups in total. The van der Waals surface area contributed by atoms with Crippen LogP contribution in [0.15, 0.2) is 83.3 Å². The molecule has 188 valence electrons. The number of furan rings is 1. The number of hydrogen-bond donors (Lipinski definition) is 1. The van der Waals surface area contributed by atoms with Crippen LogP contribution in [-0.2, 0) is 20.9 Å². The second-order valence-corrected chi connectivity index (χ2v) is 8.63. The number of carbonyl (C=O) groups excluding carboxylic acids is 2. The van der Waals surface area contributed by atoms with Gasteiger partial charge in [0.2, 0.25) is 5.91 Å². The monoisotopic (exact) mass is 497 g/mol. The highest BCUT2D eigenvalue weighted by molar-refractivity contribution is 6.07. The average Bonchev–Trinajstić information content (AvgIpc) is 3.53. The van der Waals surface area contributed by atoms with Gasteiger partial charge < -0.3 is 14.5 Å². The molecule has 0 fully saturated rings. The lowest BCUT2D eigenvalue weighted by Crippen LogP contribution is -2.46. The molecule has 0 aliphatic heterocycles. The quantitative estimate of drug-likeness (QED) is 0.309. The predicted molar refractivity (Wildman–Crippen MR) is 140 cm³/mol. The molecule has 5 aromatic rings. The van der Waals surface area contributed by atoms with Gasteiger partial charge in [0, 0.05) is 19.0 Å². The second kappa shape index (κ2) is 10.6. The Morgan fingerprint density at radius 3 is 2.62 bits per heavy atom. The summed E-state index contributed by atoms with van der Waals surface area (Å²) in [4.78, 5) is 29.3. The largest absolute Gasteiger partial charge is 0.464 e. The minimum Gasteiger partial charge on any atom is -0.464 e. The molecule has 0 aliphatic carbocycles. The Balaban J connectivity index is 1.63. The predicted octanol–water partition coefficient (Wildman–Crippen LogP) is 4.02. The number of ether oxygens (including phenoxy) is 1. The fourth-order valence-electron chi connectivity index (χ4n) is 4.42. The molecule has 9 heteroatoms. The summed E-state index contributed by atoms with van der Waals surface area (Å²) in [6, 6.07) is 23.3. The molecular weight excluding hydrogens is 470 g/mol. The van der Waals surface area contributed by atoms with Crippen molar-refractivity contribution in [2.75, 3.05) is 25.2 Å². The molecule has 2 aromatic heterocycles. The third kappa shape index (κ3) is 4.94. The van der Waals surface area contributed by atoms with E-state index >= 15 is 0 Å². The van der Waals surface area contributed by atoms with E-state index in [-0.39, 0.29) is 24.9 Å². The van der Waals surface area contributed by atoms with Crippen LogP contribution < -0.4 is 10.2 Å². The molecule has 5 rings (SSSR count). The molecule has 1 unspecified atom stereocenters.